The van der Waals surface area contributed by atoms with Gasteiger partial charge in [-0.25, -0.2) is 4.79 Å². The Balaban J connectivity index is 1.86. The molecule has 31 heavy (non-hydrogen) atoms. The topological polar surface area (TPSA) is 188 Å². The van der Waals surface area contributed by atoms with Gasteiger partial charge in [-0.05, 0) is 48.2 Å². The van der Waals surface area contributed by atoms with Gasteiger partial charge < -0.3 is 37.4 Å². The molecule has 0 aromatic heterocycles. The van der Waals surface area contributed by atoms with Crippen molar-refractivity contribution in [3.05, 3.63) is 59.7 Å². The summed E-state index contributed by atoms with van der Waals surface area (Å²) in [5, 5.41) is 32.6. The number of hydrogen-bond donors (Lipinski definition) is 7. The summed E-state index contributed by atoms with van der Waals surface area (Å²) in [6.45, 7) is -0.366. The molecule has 0 unspecified atom stereocenters. The van der Waals surface area contributed by atoms with Crippen LogP contribution < -0.4 is 22.1 Å². The van der Waals surface area contributed by atoms with Gasteiger partial charge in [-0.1, -0.05) is 24.3 Å². The monoisotopic (exact) mass is 430 g/mol. The summed E-state index contributed by atoms with van der Waals surface area (Å²) in [5.74, 6) is -2.44. The molecule has 0 bridgehead atoms. The molecular formula is C21H26N4O6. The van der Waals surface area contributed by atoms with E-state index in [1.54, 1.807) is 24.3 Å². The lowest BCUT2D eigenvalue weighted by atomic mass is 10.1. The number of hydrogen-bond acceptors (Lipinski definition) is 7. The molecular weight excluding hydrogens is 404 g/mol. The fraction of sp³-hybridized carbons (Fsp3) is 0.286. The third-order valence-electron chi connectivity index (χ3n) is 4.55. The highest BCUT2D eigenvalue weighted by molar-refractivity contribution is 5.88. The van der Waals surface area contributed by atoms with E-state index in [1.807, 2.05) is 0 Å². The van der Waals surface area contributed by atoms with E-state index in [0.717, 1.165) is 5.56 Å². The van der Waals surface area contributed by atoms with Crippen LogP contribution in [0.4, 0.5) is 0 Å². The number of carbonyl (C=O) groups is 3. The van der Waals surface area contributed by atoms with E-state index in [-0.39, 0.29) is 30.9 Å². The van der Waals surface area contributed by atoms with E-state index >= 15 is 0 Å². The molecule has 0 aliphatic heterocycles. The molecule has 0 saturated carbocycles. The number of carboxylic acid groups (broad SMARTS) is 1. The van der Waals surface area contributed by atoms with Crippen LogP contribution in [0.2, 0.25) is 0 Å². The first-order valence-corrected chi connectivity index (χ1v) is 9.53. The number of aromatic hydroxyl groups is 2. The zero-order chi connectivity index (χ0) is 23.0. The molecule has 0 spiro atoms. The van der Waals surface area contributed by atoms with Gasteiger partial charge in [0.25, 0.3) is 0 Å². The van der Waals surface area contributed by atoms with E-state index in [4.69, 9.17) is 11.5 Å². The van der Waals surface area contributed by atoms with Crippen molar-refractivity contribution in [3.63, 3.8) is 0 Å². The van der Waals surface area contributed by atoms with Crippen LogP contribution in [0.3, 0.4) is 0 Å². The molecule has 0 fully saturated rings. The summed E-state index contributed by atoms with van der Waals surface area (Å²) in [7, 11) is 0. The average Bonchev–Trinajstić information content (AvgIpc) is 2.73. The van der Waals surface area contributed by atoms with Crippen molar-refractivity contribution in [2.45, 2.75) is 31.0 Å². The van der Waals surface area contributed by atoms with Gasteiger partial charge in [0, 0.05) is 6.54 Å². The first-order valence-electron chi connectivity index (χ1n) is 9.53. The normalized spacial score (nSPS) is 13.6. The van der Waals surface area contributed by atoms with E-state index in [0.29, 0.717) is 5.56 Å². The summed E-state index contributed by atoms with van der Waals surface area (Å²) < 4.78 is 0. The molecule has 10 heteroatoms. The van der Waals surface area contributed by atoms with Crippen molar-refractivity contribution >= 4 is 17.8 Å². The Kier molecular flexibility index (Phi) is 8.35. The van der Waals surface area contributed by atoms with E-state index in [9.17, 15) is 29.7 Å². The number of phenols is 2. The SMILES string of the molecule is N[C@@H](Cc1ccc(O)cc1)C(=O)NC[C@H](NC(=O)[C@@H](N)Cc1ccc(O)cc1)C(=O)O. The minimum absolute atomic E-state index is 0.0760. The highest BCUT2D eigenvalue weighted by atomic mass is 16.4. The number of carbonyl (C=O) groups excluding carboxylic acids is 2. The van der Waals surface area contributed by atoms with Crippen LogP contribution in [0.5, 0.6) is 11.5 Å². The maximum atomic E-state index is 12.3. The Hall–Kier alpha value is -3.63. The predicted molar refractivity (Wildman–Crippen MR) is 112 cm³/mol. The summed E-state index contributed by atoms with van der Waals surface area (Å²) in [6.07, 6.45) is 0.329. The fourth-order valence-corrected chi connectivity index (χ4v) is 2.77. The van der Waals surface area contributed by atoms with Gasteiger partial charge in [-0.2, -0.15) is 0 Å². The van der Waals surface area contributed by atoms with Crippen molar-refractivity contribution in [2.75, 3.05) is 6.54 Å². The number of nitrogens with one attached hydrogen (secondary N) is 2. The van der Waals surface area contributed by atoms with E-state index in [1.165, 1.54) is 24.3 Å². The Labute approximate surface area is 178 Å². The largest absolute Gasteiger partial charge is 0.508 e. The van der Waals surface area contributed by atoms with Gasteiger partial charge in [0.05, 0.1) is 12.1 Å². The van der Waals surface area contributed by atoms with Gasteiger partial charge >= 0.3 is 5.97 Å². The number of amides is 2. The van der Waals surface area contributed by atoms with Gasteiger partial charge in [-0.3, -0.25) is 9.59 Å². The van der Waals surface area contributed by atoms with Crippen molar-refractivity contribution in [3.8, 4) is 11.5 Å². The summed E-state index contributed by atoms with van der Waals surface area (Å²) in [6, 6.07) is 8.96. The second kappa shape index (κ2) is 11.0. The van der Waals surface area contributed by atoms with Gasteiger partial charge in [-0.15, -0.1) is 0 Å². The third kappa shape index (κ3) is 7.61. The Morgan fingerprint density at radius 1 is 0.774 bits per heavy atom. The second-order valence-corrected chi connectivity index (χ2v) is 7.10. The minimum Gasteiger partial charge on any atom is -0.508 e. The van der Waals surface area contributed by atoms with Crippen molar-refractivity contribution in [1.29, 1.82) is 0 Å². The van der Waals surface area contributed by atoms with Crippen LogP contribution >= 0.6 is 0 Å². The van der Waals surface area contributed by atoms with Gasteiger partial charge in [0.15, 0.2) is 0 Å². The number of phenolic OH excluding ortho intramolecular Hbond substituents is 2. The van der Waals surface area contributed by atoms with Crippen LogP contribution in [0.1, 0.15) is 11.1 Å². The lowest BCUT2D eigenvalue weighted by Gasteiger charge is -2.19. The minimum atomic E-state index is -1.39. The molecule has 0 aliphatic carbocycles. The molecule has 2 amide bonds. The molecule has 0 heterocycles. The van der Waals surface area contributed by atoms with Crippen LogP contribution in [-0.4, -0.2) is 57.8 Å². The number of rotatable bonds is 10. The molecule has 0 saturated heterocycles. The Morgan fingerprint density at radius 2 is 1.19 bits per heavy atom. The van der Waals surface area contributed by atoms with Crippen LogP contribution in [0.15, 0.2) is 48.5 Å². The molecule has 3 atom stereocenters. The number of aliphatic carboxylic acids is 1. The van der Waals surface area contributed by atoms with E-state index in [2.05, 4.69) is 10.6 Å². The Morgan fingerprint density at radius 3 is 1.61 bits per heavy atom. The lowest BCUT2D eigenvalue weighted by Crippen LogP contribution is -2.54. The quantitative estimate of drug-likeness (QED) is 0.256. The lowest BCUT2D eigenvalue weighted by molar-refractivity contribution is -0.142. The number of carboxylic acids is 1. The summed E-state index contributed by atoms with van der Waals surface area (Å²) in [5.41, 5.74) is 13.1. The van der Waals surface area contributed by atoms with Gasteiger partial charge in [0.2, 0.25) is 11.8 Å². The molecule has 2 aromatic rings. The molecule has 10 nitrogen and oxygen atoms in total. The zero-order valence-electron chi connectivity index (χ0n) is 16.7. The standard InChI is InChI=1S/C21H26N4O6/c22-16(9-12-1-5-14(26)6-2-12)19(28)24-11-18(21(30)31)25-20(29)17(23)10-13-3-7-15(27)8-4-13/h1-8,16-18,26-27H,9-11,22-23H2,(H,24,28)(H,25,29)(H,30,31)/t16-,17-,18-/m0/s1. The van der Waals surface area contributed by atoms with Crippen LogP contribution in [0, 0.1) is 0 Å². The van der Waals surface area contributed by atoms with E-state index < -0.39 is 35.9 Å². The summed E-state index contributed by atoms with van der Waals surface area (Å²) in [4.78, 5) is 35.9. The zero-order valence-corrected chi connectivity index (χ0v) is 16.7. The van der Waals surface area contributed by atoms with Crippen molar-refractivity contribution in [2.24, 2.45) is 11.5 Å². The molecule has 166 valence electrons. The smallest absolute Gasteiger partial charge is 0.328 e. The maximum absolute atomic E-state index is 12.3. The molecule has 0 radical (unpaired) electrons. The highest BCUT2D eigenvalue weighted by Gasteiger charge is 2.25. The third-order valence-corrected chi connectivity index (χ3v) is 4.55. The molecule has 0 aliphatic rings. The fourth-order valence-electron chi connectivity index (χ4n) is 2.77. The second-order valence-electron chi connectivity index (χ2n) is 7.10. The predicted octanol–water partition coefficient (Wildman–Crippen LogP) is -0.777. The number of nitrogens with two attached hydrogens (primary N) is 2. The van der Waals surface area contributed by atoms with Crippen molar-refractivity contribution in [1.82, 2.24) is 10.6 Å². The summed E-state index contributed by atoms with van der Waals surface area (Å²) >= 11 is 0. The maximum Gasteiger partial charge on any atom is 0.328 e. The van der Waals surface area contributed by atoms with Gasteiger partial charge in [0.1, 0.15) is 17.5 Å². The van der Waals surface area contributed by atoms with Crippen LogP contribution in [-0.2, 0) is 27.2 Å². The number of benzene rings is 2. The molecule has 2 aromatic carbocycles. The first-order chi connectivity index (χ1) is 14.7. The highest BCUT2D eigenvalue weighted by Crippen LogP contribution is 2.12. The van der Waals surface area contributed by atoms with Crippen LogP contribution in [0.25, 0.3) is 0 Å². The first kappa shape index (κ1) is 23.6. The van der Waals surface area contributed by atoms with Crippen molar-refractivity contribution < 1.29 is 29.7 Å². The molecule has 9 N–H and O–H groups in total. The average molecular weight is 430 g/mol. The molecule has 2 rings (SSSR count). The Bertz CT molecular complexity index is 901.